The number of rotatable bonds is 5. The number of carbonyl (C=O) groups is 1. The van der Waals surface area contributed by atoms with E-state index in [1.807, 2.05) is 0 Å². The number of nitrogens with zero attached hydrogens (tertiary/aromatic N) is 1. The molecule has 0 aliphatic carbocycles. The SMILES string of the molecule is O=C(NCc1ccc(Cl)cc1)c1cnc(OCC(F)(F)F)c(Cl)c1. The van der Waals surface area contributed by atoms with Crippen LogP contribution in [-0.4, -0.2) is 23.7 Å². The van der Waals surface area contributed by atoms with Crippen LogP contribution in [0.3, 0.4) is 0 Å². The van der Waals surface area contributed by atoms with Crippen LogP contribution in [0.4, 0.5) is 13.2 Å². The van der Waals surface area contributed by atoms with E-state index in [2.05, 4.69) is 15.0 Å². The van der Waals surface area contributed by atoms with Crippen molar-refractivity contribution in [1.29, 1.82) is 0 Å². The first-order valence-electron chi connectivity index (χ1n) is 6.62. The van der Waals surface area contributed by atoms with Gasteiger partial charge in [-0.1, -0.05) is 35.3 Å². The second-order valence-electron chi connectivity index (χ2n) is 4.72. The molecule has 1 heterocycles. The third kappa shape index (κ3) is 5.58. The Morgan fingerprint density at radius 2 is 1.88 bits per heavy atom. The molecular formula is C15H11Cl2F3N2O2. The summed E-state index contributed by atoms with van der Waals surface area (Å²) < 4.78 is 40.8. The molecule has 2 rings (SSSR count). The Labute approximate surface area is 145 Å². The van der Waals surface area contributed by atoms with Crippen LogP contribution in [0.2, 0.25) is 10.0 Å². The van der Waals surface area contributed by atoms with Crippen LogP contribution in [0.5, 0.6) is 5.88 Å². The molecule has 2 aromatic rings. The van der Waals surface area contributed by atoms with Gasteiger partial charge in [-0.15, -0.1) is 0 Å². The predicted octanol–water partition coefficient (Wildman–Crippen LogP) is 4.26. The van der Waals surface area contributed by atoms with Gasteiger partial charge in [0.1, 0.15) is 5.02 Å². The summed E-state index contributed by atoms with van der Waals surface area (Å²) in [5.74, 6) is -0.857. The van der Waals surface area contributed by atoms with E-state index in [-0.39, 0.29) is 23.0 Å². The van der Waals surface area contributed by atoms with Crippen molar-refractivity contribution >= 4 is 29.1 Å². The standard InChI is InChI=1S/C15H11Cl2F3N2O2/c16-11-3-1-9(2-4-11)6-21-13(23)10-5-12(17)14(22-7-10)24-8-15(18,19)20/h1-5,7H,6,8H2,(H,21,23). The summed E-state index contributed by atoms with van der Waals surface area (Å²) in [4.78, 5) is 15.6. The van der Waals surface area contributed by atoms with Gasteiger partial charge in [-0.2, -0.15) is 13.2 Å². The Bertz CT molecular complexity index is 722. The fourth-order valence-corrected chi connectivity index (χ4v) is 2.04. The topological polar surface area (TPSA) is 51.2 Å². The lowest BCUT2D eigenvalue weighted by atomic mass is 10.2. The molecule has 0 spiro atoms. The molecule has 0 bridgehead atoms. The van der Waals surface area contributed by atoms with Crippen LogP contribution < -0.4 is 10.1 Å². The zero-order chi connectivity index (χ0) is 17.7. The van der Waals surface area contributed by atoms with Gasteiger partial charge >= 0.3 is 6.18 Å². The molecule has 0 saturated heterocycles. The summed E-state index contributed by atoms with van der Waals surface area (Å²) >= 11 is 11.6. The first kappa shape index (κ1) is 18.4. The van der Waals surface area contributed by atoms with E-state index in [1.54, 1.807) is 24.3 Å². The lowest BCUT2D eigenvalue weighted by Gasteiger charge is -2.10. The maximum absolute atomic E-state index is 12.1. The van der Waals surface area contributed by atoms with Crippen LogP contribution in [0.15, 0.2) is 36.5 Å². The number of pyridine rings is 1. The van der Waals surface area contributed by atoms with Crippen molar-refractivity contribution in [2.45, 2.75) is 12.7 Å². The maximum atomic E-state index is 12.1. The number of ether oxygens (including phenoxy) is 1. The van der Waals surface area contributed by atoms with Crippen molar-refractivity contribution in [2.75, 3.05) is 6.61 Å². The van der Waals surface area contributed by atoms with Crippen LogP contribution >= 0.6 is 23.2 Å². The molecule has 0 saturated carbocycles. The number of hydrogen-bond acceptors (Lipinski definition) is 3. The molecule has 1 aromatic heterocycles. The van der Waals surface area contributed by atoms with Gasteiger partial charge in [-0.05, 0) is 23.8 Å². The number of halogens is 5. The molecule has 0 fully saturated rings. The molecule has 0 radical (unpaired) electrons. The second kappa shape index (κ2) is 7.72. The van der Waals surface area contributed by atoms with Crippen molar-refractivity contribution < 1.29 is 22.7 Å². The normalized spacial score (nSPS) is 11.2. The van der Waals surface area contributed by atoms with E-state index in [1.165, 1.54) is 6.07 Å². The quantitative estimate of drug-likeness (QED) is 0.845. The highest BCUT2D eigenvalue weighted by atomic mass is 35.5. The van der Waals surface area contributed by atoms with Crippen molar-refractivity contribution in [1.82, 2.24) is 10.3 Å². The van der Waals surface area contributed by atoms with E-state index < -0.39 is 18.7 Å². The van der Waals surface area contributed by atoms with Gasteiger partial charge in [-0.3, -0.25) is 4.79 Å². The largest absolute Gasteiger partial charge is 0.467 e. The molecule has 4 nitrogen and oxygen atoms in total. The van der Waals surface area contributed by atoms with Crippen LogP contribution in [-0.2, 0) is 6.54 Å². The minimum Gasteiger partial charge on any atom is -0.467 e. The Balaban J connectivity index is 1.97. The molecule has 0 atom stereocenters. The minimum absolute atomic E-state index is 0.105. The summed E-state index contributed by atoms with van der Waals surface area (Å²) in [6.45, 7) is -1.26. The van der Waals surface area contributed by atoms with Crippen LogP contribution in [0.1, 0.15) is 15.9 Å². The van der Waals surface area contributed by atoms with Crippen molar-refractivity contribution in [3.63, 3.8) is 0 Å². The van der Waals surface area contributed by atoms with Gasteiger partial charge in [0.05, 0.1) is 5.56 Å². The Morgan fingerprint density at radius 1 is 1.21 bits per heavy atom. The van der Waals surface area contributed by atoms with Crippen LogP contribution in [0.25, 0.3) is 0 Å². The van der Waals surface area contributed by atoms with Gasteiger partial charge in [0.2, 0.25) is 5.88 Å². The summed E-state index contributed by atoms with van der Waals surface area (Å²) in [5.41, 5.74) is 0.935. The maximum Gasteiger partial charge on any atom is 0.422 e. The van der Waals surface area contributed by atoms with Gasteiger partial charge < -0.3 is 10.1 Å². The molecule has 128 valence electrons. The highest BCUT2D eigenvalue weighted by molar-refractivity contribution is 6.32. The Kier molecular flexibility index (Phi) is 5.90. The summed E-state index contributed by atoms with van der Waals surface area (Å²) in [5, 5.41) is 3.03. The smallest absolute Gasteiger partial charge is 0.422 e. The molecule has 0 aliphatic rings. The molecule has 0 unspecified atom stereocenters. The third-order valence-electron chi connectivity index (χ3n) is 2.81. The third-order valence-corrected chi connectivity index (χ3v) is 3.33. The minimum atomic E-state index is -4.50. The number of benzene rings is 1. The molecular weight excluding hydrogens is 368 g/mol. The number of amides is 1. The first-order chi connectivity index (χ1) is 11.2. The zero-order valence-corrected chi connectivity index (χ0v) is 13.5. The average molecular weight is 379 g/mol. The number of hydrogen-bond donors (Lipinski definition) is 1. The van der Waals surface area contributed by atoms with E-state index in [0.29, 0.717) is 5.02 Å². The Hall–Kier alpha value is -1.99. The fraction of sp³-hybridized carbons (Fsp3) is 0.200. The highest BCUT2D eigenvalue weighted by Gasteiger charge is 2.29. The average Bonchev–Trinajstić information content (AvgIpc) is 2.52. The van der Waals surface area contributed by atoms with Gasteiger partial charge in [0.15, 0.2) is 6.61 Å². The van der Waals surface area contributed by atoms with Gasteiger partial charge in [-0.25, -0.2) is 4.98 Å². The highest BCUT2D eigenvalue weighted by Crippen LogP contribution is 2.25. The number of alkyl halides is 3. The zero-order valence-electron chi connectivity index (χ0n) is 12.0. The monoisotopic (exact) mass is 378 g/mol. The molecule has 1 amide bonds. The molecule has 1 aromatic carbocycles. The fourth-order valence-electron chi connectivity index (χ4n) is 1.69. The number of nitrogens with one attached hydrogen (secondary N) is 1. The van der Waals surface area contributed by atoms with E-state index in [9.17, 15) is 18.0 Å². The summed E-state index contributed by atoms with van der Waals surface area (Å²) in [6.07, 6.45) is -3.41. The van der Waals surface area contributed by atoms with Crippen molar-refractivity contribution in [3.05, 3.63) is 57.7 Å². The van der Waals surface area contributed by atoms with Crippen LogP contribution in [0, 0.1) is 0 Å². The number of carbonyl (C=O) groups excluding carboxylic acids is 1. The molecule has 1 N–H and O–H groups in total. The molecule has 9 heteroatoms. The first-order valence-corrected chi connectivity index (χ1v) is 7.38. The number of aromatic nitrogens is 1. The molecule has 0 aliphatic heterocycles. The summed E-state index contributed by atoms with van der Waals surface area (Å²) in [6, 6.07) is 8.07. The van der Waals surface area contributed by atoms with E-state index in [4.69, 9.17) is 23.2 Å². The Morgan fingerprint density at radius 3 is 2.46 bits per heavy atom. The lowest BCUT2D eigenvalue weighted by Crippen LogP contribution is -2.23. The van der Waals surface area contributed by atoms with E-state index in [0.717, 1.165) is 11.8 Å². The van der Waals surface area contributed by atoms with E-state index >= 15 is 0 Å². The second-order valence-corrected chi connectivity index (χ2v) is 5.57. The predicted molar refractivity (Wildman–Crippen MR) is 83.4 cm³/mol. The van der Waals surface area contributed by atoms with Crippen molar-refractivity contribution in [3.8, 4) is 5.88 Å². The lowest BCUT2D eigenvalue weighted by molar-refractivity contribution is -0.154. The van der Waals surface area contributed by atoms with Crippen molar-refractivity contribution in [2.24, 2.45) is 0 Å². The molecule has 24 heavy (non-hydrogen) atoms. The van der Waals surface area contributed by atoms with Gasteiger partial charge in [0, 0.05) is 17.8 Å². The summed E-state index contributed by atoms with van der Waals surface area (Å²) in [7, 11) is 0. The van der Waals surface area contributed by atoms with Gasteiger partial charge in [0.25, 0.3) is 5.91 Å².